The summed E-state index contributed by atoms with van der Waals surface area (Å²) in [7, 11) is 0. The fraction of sp³-hybridized carbons (Fsp3) is 0.643. The van der Waals surface area contributed by atoms with Gasteiger partial charge in [-0.15, -0.1) is 0 Å². The quantitative estimate of drug-likeness (QED) is 0.747. The van der Waals surface area contributed by atoms with E-state index in [9.17, 15) is 4.79 Å². The van der Waals surface area contributed by atoms with Gasteiger partial charge in [0.05, 0.1) is 5.56 Å². The first-order valence-corrected chi connectivity index (χ1v) is 7.56. The predicted molar refractivity (Wildman–Crippen MR) is 77.5 cm³/mol. The second-order valence-corrected chi connectivity index (χ2v) is 5.34. The van der Waals surface area contributed by atoms with Crippen molar-refractivity contribution < 1.29 is 9.21 Å². The molecule has 0 atom stereocenters. The van der Waals surface area contributed by atoms with E-state index in [-0.39, 0.29) is 5.91 Å². The third-order valence-electron chi connectivity index (χ3n) is 3.20. The SMILES string of the molecule is CCCCN(CCBr)C(=O)c1c(C)oc(C)c1C. The number of furan rings is 1. The molecule has 0 aliphatic rings. The van der Waals surface area contributed by atoms with E-state index >= 15 is 0 Å². The van der Waals surface area contributed by atoms with E-state index in [0.717, 1.165) is 53.9 Å². The number of rotatable bonds is 6. The van der Waals surface area contributed by atoms with Crippen LogP contribution in [0.25, 0.3) is 0 Å². The van der Waals surface area contributed by atoms with Gasteiger partial charge in [-0.3, -0.25) is 4.79 Å². The Kier molecular flexibility index (Phi) is 5.93. The molecule has 0 N–H and O–H groups in total. The molecule has 18 heavy (non-hydrogen) atoms. The molecule has 0 radical (unpaired) electrons. The van der Waals surface area contributed by atoms with Crippen molar-refractivity contribution in [3.8, 4) is 0 Å². The number of unbranched alkanes of at least 4 members (excludes halogenated alkanes) is 1. The topological polar surface area (TPSA) is 33.5 Å². The summed E-state index contributed by atoms with van der Waals surface area (Å²) in [6.45, 7) is 9.39. The molecule has 1 amide bonds. The van der Waals surface area contributed by atoms with Crippen molar-refractivity contribution in [2.45, 2.75) is 40.5 Å². The highest BCUT2D eigenvalue weighted by Crippen LogP contribution is 2.22. The van der Waals surface area contributed by atoms with Gasteiger partial charge in [-0.1, -0.05) is 29.3 Å². The Morgan fingerprint density at radius 3 is 2.33 bits per heavy atom. The Hall–Kier alpha value is -0.770. The fourth-order valence-corrected chi connectivity index (χ4v) is 2.46. The Labute approximate surface area is 118 Å². The number of carbonyl (C=O) groups is 1. The van der Waals surface area contributed by atoms with Crippen LogP contribution in [0.5, 0.6) is 0 Å². The molecule has 0 spiro atoms. The molecule has 0 aliphatic carbocycles. The molecule has 102 valence electrons. The fourth-order valence-electron chi connectivity index (χ4n) is 2.03. The van der Waals surface area contributed by atoms with Crippen molar-refractivity contribution in [2.24, 2.45) is 0 Å². The van der Waals surface area contributed by atoms with Gasteiger partial charge in [-0.25, -0.2) is 0 Å². The van der Waals surface area contributed by atoms with E-state index in [1.54, 1.807) is 0 Å². The van der Waals surface area contributed by atoms with Crippen LogP contribution >= 0.6 is 15.9 Å². The average molecular weight is 316 g/mol. The van der Waals surface area contributed by atoms with Crippen LogP contribution in [0.1, 0.15) is 47.2 Å². The highest BCUT2D eigenvalue weighted by molar-refractivity contribution is 9.09. The van der Waals surface area contributed by atoms with Crippen molar-refractivity contribution in [1.82, 2.24) is 4.90 Å². The van der Waals surface area contributed by atoms with E-state index in [1.165, 1.54) is 0 Å². The van der Waals surface area contributed by atoms with Crippen LogP contribution in [0.3, 0.4) is 0 Å². The van der Waals surface area contributed by atoms with E-state index in [0.29, 0.717) is 0 Å². The van der Waals surface area contributed by atoms with Crippen molar-refractivity contribution in [3.63, 3.8) is 0 Å². The lowest BCUT2D eigenvalue weighted by atomic mass is 10.1. The normalized spacial score (nSPS) is 10.7. The number of amides is 1. The van der Waals surface area contributed by atoms with Crippen LogP contribution < -0.4 is 0 Å². The van der Waals surface area contributed by atoms with Gasteiger partial charge in [0.15, 0.2) is 0 Å². The van der Waals surface area contributed by atoms with Gasteiger partial charge < -0.3 is 9.32 Å². The molecule has 0 saturated carbocycles. The first-order chi connectivity index (χ1) is 8.52. The monoisotopic (exact) mass is 315 g/mol. The molecule has 1 heterocycles. The van der Waals surface area contributed by atoms with Crippen LogP contribution in [0.15, 0.2) is 4.42 Å². The molecule has 0 aromatic carbocycles. The Bertz CT molecular complexity index is 412. The van der Waals surface area contributed by atoms with Crippen LogP contribution in [-0.4, -0.2) is 29.2 Å². The number of hydrogen-bond acceptors (Lipinski definition) is 2. The number of halogens is 1. The Morgan fingerprint density at radius 1 is 1.22 bits per heavy atom. The molecule has 4 heteroatoms. The summed E-state index contributed by atoms with van der Waals surface area (Å²) in [5.41, 5.74) is 1.71. The van der Waals surface area contributed by atoms with Crippen molar-refractivity contribution in [1.29, 1.82) is 0 Å². The molecule has 0 unspecified atom stereocenters. The number of carbonyl (C=O) groups excluding carboxylic acids is 1. The highest BCUT2D eigenvalue weighted by atomic mass is 79.9. The van der Waals surface area contributed by atoms with E-state index in [4.69, 9.17) is 4.42 Å². The van der Waals surface area contributed by atoms with Crippen molar-refractivity contribution in [2.75, 3.05) is 18.4 Å². The summed E-state index contributed by atoms with van der Waals surface area (Å²) in [5, 5.41) is 0.803. The van der Waals surface area contributed by atoms with Crippen LogP contribution in [0.2, 0.25) is 0 Å². The maximum Gasteiger partial charge on any atom is 0.257 e. The van der Waals surface area contributed by atoms with E-state index in [2.05, 4.69) is 22.9 Å². The summed E-state index contributed by atoms with van der Waals surface area (Å²) in [6.07, 6.45) is 2.13. The predicted octanol–water partition coefficient (Wildman–Crippen LogP) is 3.84. The first-order valence-electron chi connectivity index (χ1n) is 6.44. The minimum absolute atomic E-state index is 0.0924. The summed E-state index contributed by atoms with van der Waals surface area (Å²) in [6, 6.07) is 0. The average Bonchev–Trinajstić information content (AvgIpc) is 2.58. The molecule has 3 nitrogen and oxygen atoms in total. The standard InChI is InChI=1S/C14H22BrNO2/c1-5-6-8-16(9-7-15)14(17)13-10(2)11(3)18-12(13)4/h5-9H2,1-4H3. The highest BCUT2D eigenvalue weighted by Gasteiger charge is 2.23. The zero-order valence-electron chi connectivity index (χ0n) is 11.7. The number of aryl methyl sites for hydroxylation is 2. The second-order valence-electron chi connectivity index (χ2n) is 4.55. The zero-order chi connectivity index (χ0) is 13.7. The minimum Gasteiger partial charge on any atom is -0.466 e. The van der Waals surface area contributed by atoms with Gasteiger partial charge in [-0.05, 0) is 27.2 Å². The number of alkyl halides is 1. The van der Waals surface area contributed by atoms with Crippen LogP contribution in [0.4, 0.5) is 0 Å². The summed E-state index contributed by atoms with van der Waals surface area (Å²) >= 11 is 3.41. The van der Waals surface area contributed by atoms with Gasteiger partial charge in [0.1, 0.15) is 11.5 Å². The van der Waals surface area contributed by atoms with Gasteiger partial charge in [0.2, 0.25) is 0 Å². The summed E-state index contributed by atoms with van der Waals surface area (Å²) < 4.78 is 5.54. The molecule has 0 aliphatic heterocycles. The van der Waals surface area contributed by atoms with Gasteiger partial charge in [0.25, 0.3) is 5.91 Å². The third kappa shape index (κ3) is 3.37. The Balaban J connectivity index is 2.94. The zero-order valence-corrected chi connectivity index (χ0v) is 13.3. The lowest BCUT2D eigenvalue weighted by Gasteiger charge is -2.21. The second kappa shape index (κ2) is 6.98. The molecule has 0 saturated heterocycles. The lowest BCUT2D eigenvalue weighted by molar-refractivity contribution is 0.0762. The molecular formula is C14H22BrNO2. The van der Waals surface area contributed by atoms with Gasteiger partial charge >= 0.3 is 0 Å². The number of hydrogen-bond donors (Lipinski definition) is 0. The molecular weight excluding hydrogens is 294 g/mol. The maximum atomic E-state index is 12.5. The van der Waals surface area contributed by atoms with E-state index < -0.39 is 0 Å². The Morgan fingerprint density at radius 2 is 1.89 bits per heavy atom. The summed E-state index contributed by atoms with van der Waals surface area (Å²) in [5.74, 6) is 1.66. The van der Waals surface area contributed by atoms with Gasteiger partial charge in [0, 0.05) is 24.0 Å². The number of nitrogens with zero attached hydrogens (tertiary/aromatic N) is 1. The molecule has 0 fully saturated rings. The molecule has 1 aromatic rings. The maximum absolute atomic E-state index is 12.5. The third-order valence-corrected chi connectivity index (χ3v) is 3.55. The minimum atomic E-state index is 0.0924. The van der Waals surface area contributed by atoms with E-state index in [1.807, 2.05) is 25.7 Å². The van der Waals surface area contributed by atoms with Crippen LogP contribution in [0, 0.1) is 20.8 Å². The van der Waals surface area contributed by atoms with Crippen molar-refractivity contribution >= 4 is 21.8 Å². The molecule has 1 aromatic heterocycles. The first kappa shape index (κ1) is 15.3. The molecule has 1 rings (SSSR count). The van der Waals surface area contributed by atoms with Gasteiger partial charge in [-0.2, -0.15) is 0 Å². The lowest BCUT2D eigenvalue weighted by Crippen LogP contribution is -2.34. The largest absolute Gasteiger partial charge is 0.466 e. The van der Waals surface area contributed by atoms with Crippen LogP contribution in [-0.2, 0) is 0 Å². The smallest absolute Gasteiger partial charge is 0.257 e. The van der Waals surface area contributed by atoms with Crippen molar-refractivity contribution in [3.05, 3.63) is 22.6 Å². The summed E-state index contributed by atoms with van der Waals surface area (Å²) in [4.78, 5) is 14.4. The molecule has 0 bridgehead atoms.